The predicted molar refractivity (Wildman–Crippen MR) is 100 cm³/mol. The normalized spacial score (nSPS) is 20.8. The van der Waals surface area contributed by atoms with Gasteiger partial charge in [0, 0.05) is 39.8 Å². The third-order valence-electron chi connectivity index (χ3n) is 5.13. The highest BCUT2D eigenvalue weighted by atomic mass is 32.2. The Labute approximate surface area is 158 Å². The number of nitro groups is 1. The van der Waals surface area contributed by atoms with Gasteiger partial charge in [0.05, 0.1) is 9.82 Å². The standard InChI is InChI=1S/C17H24N4O5S/c1-18(2)17(22)15-6-5-11-20(15)14-8-7-13(12-16(14)21(23)24)27(25,26)19-9-3-4-10-19/h7-8,12,15H,3-6,9-11H2,1-2H3/t15-/m0/s1. The maximum absolute atomic E-state index is 12.7. The second-order valence-electron chi connectivity index (χ2n) is 7.10. The molecule has 1 amide bonds. The van der Waals surface area contributed by atoms with E-state index in [1.807, 2.05) is 0 Å². The van der Waals surface area contributed by atoms with Crippen LogP contribution in [0.1, 0.15) is 25.7 Å². The maximum atomic E-state index is 12.7. The molecule has 1 aromatic rings. The van der Waals surface area contributed by atoms with Crippen LogP contribution >= 0.6 is 0 Å². The molecular formula is C17H24N4O5S. The molecule has 1 atom stereocenters. The Morgan fingerprint density at radius 1 is 1.19 bits per heavy atom. The fourth-order valence-electron chi connectivity index (χ4n) is 3.74. The van der Waals surface area contributed by atoms with Crippen LogP contribution in [-0.4, -0.2) is 68.2 Å². The second-order valence-corrected chi connectivity index (χ2v) is 9.04. The number of nitro benzene ring substituents is 1. The number of benzene rings is 1. The first-order valence-electron chi connectivity index (χ1n) is 9.00. The van der Waals surface area contributed by atoms with Crippen molar-refractivity contribution >= 4 is 27.3 Å². The zero-order valence-corrected chi connectivity index (χ0v) is 16.3. The molecule has 2 heterocycles. The maximum Gasteiger partial charge on any atom is 0.293 e. The number of amides is 1. The van der Waals surface area contributed by atoms with E-state index in [1.165, 1.54) is 21.3 Å². The average Bonchev–Trinajstić information content (AvgIpc) is 3.32. The van der Waals surface area contributed by atoms with E-state index in [0.29, 0.717) is 26.1 Å². The summed E-state index contributed by atoms with van der Waals surface area (Å²) in [6.07, 6.45) is 2.94. The Bertz CT molecular complexity index is 849. The predicted octanol–water partition coefficient (Wildman–Crippen LogP) is 1.44. The Morgan fingerprint density at radius 2 is 1.85 bits per heavy atom. The van der Waals surface area contributed by atoms with E-state index in [4.69, 9.17) is 0 Å². The van der Waals surface area contributed by atoms with E-state index in [1.54, 1.807) is 19.0 Å². The average molecular weight is 396 g/mol. The molecule has 2 aliphatic rings. The van der Waals surface area contributed by atoms with Gasteiger partial charge in [-0.05, 0) is 37.8 Å². The largest absolute Gasteiger partial charge is 0.354 e. The van der Waals surface area contributed by atoms with E-state index in [2.05, 4.69) is 0 Å². The first-order chi connectivity index (χ1) is 12.7. The molecule has 0 spiro atoms. The minimum Gasteiger partial charge on any atom is -0.354 e. The molecule has 0 unspecified atom stereocenters. The van der Waals surface area contributed by atoms with Gasteiger partial charge in [0.25, 0.3) is 5.69 Å². The fraction of sp³-hybridized carbons (Fsp3) is 0.588. The third-order valence-corrected chi connectivity index (χ3v) is 7.03. The van der Waals surface area contributed by atoms with Crippen molar-refractivity contribution in [2.75, 3.05) is 38.6 Å². The quantitative estimate of drug-likeness (QED) is 0.551. The molecular weight excluding hydrogens is 372 g/mol. The highest BCUT2D eigenvalue weighted by Crippen LogP contribution is 2.36. The van der Waals surface area contributed by atoms with Crippen LogP contribution < -0.4 is 4.90 Å². The molecule has 27 heavy (non-hydrogen) atoms. The molecule has 10 heteroatoms. The lowest BCUT2D eigenvalue weighted by Crippen LogP contribution is -2.43. The molecule has 9 nitrogen and oxygen atoms in total. The van der Waals surface area contributed by atoms with E-state index >= 15 is 0 Å². The molecule has 2 saturated heterocycles. The van der Waals surface area contributed by atoms with Crippen LogP contribution in [0.4, 0.5) is 11.4 Å². The van der Waals surface area contributed by atoms with Gasteiger partial charge >= 0.3 is 0 Å². The number of likely N-dealkylation sites (N-methyl/N-ethyl adjacent to an activating group) is 1. The summed E-state index contributed by atoms with van der Waals surface area (Å²) >= 11 is 0. The number of carbonyl (C=O) groups is 1. The smallest absolute Gasteiger partial charge is 0.293 e. The van der Waals surface area contributed by atoms with Crippen molar-refractivity contribution in [2.24, 2.45) is 0 Å². The summed E-state index contributed by atoms with van der Waals surface area (Å²) in [6.45, 7) is 1.39. The zero-order chi connectivity index (χ0) is 19.8. The first-order valence-corrected chi connectivity index (χ1v) is 10.4. The summed E-state index contributed by atoms with van der Waals surface area (Å²) in [5.74, 6) is -0.115. The van der Waals surface area contributed by atoms with E-state index < -0.39 is 21.0 Å². The Morgan fingerprint density at radius 3 is 2.44 bits per heavy atom. The van der Waals surface area contributed by atoms with Crippen LogP contribution in [0, 0.1) is 10.1 Å². The third kappa shape index (κ3) is 3.63. The summed E-state index contributed by atoms with van der Waals surface area (Å²) in [5.41, 5.74) is 0.00630. The van der Waals surface area contributed by atoms with Gasteiger partial charge in [0.2, 0.25) is 15.9 Å². The van der Waals surface area contributed by atoms with Crippen molar-refractivity contribution < 1.29 is 18.1 Å². The fourth-order valence-corrected chi connectivity index (χ4v) is 5.28. The van der Waals surface area contributed by atoms with Crippen molar-refractivity contribution in [2.45, 2.75) is 36.6 Å². The van der Waals surface area contributed by atoms with Crippen LogP contribution in [0.15, 0.2) is 23.1 Å². The molecule has 0 bridgehead atoms. The molecule has 148 valence electrons. The molecule has 0 aromatic heterocycles. The van der Waals surface area contributed by atoms with Crippen LogP contribution in [0.5, 0.6) is 0 Å². The van der Waals surface area contributed by atoms with Gasteiger partial charge in [-0.15, -0.1) is 0 Å². The van der Waals surface area contributed by atoms with Crippen molar-refractivity contribution in [3.05, 3.63) is 28.3 Å². The van der Waals surface area contributed by atoms with Gasteiger partial charge in [0.15, 0.2) is 0 Å². The summed E-state index contributed by atoms with van der Waals surface area (Å²) in [6, 6.07) is 3.52. The number of carbonyl (C=O) groups excluding carboxylic acids is 1. The van der Waals surface area contributed by atoms with Crippen LogP contribution in [0.3, 0.4) is 0 Å². The molecule has 0 radical (unpaired) electrons. The van der Waals surface area contributed by atoms with E-state index in [9.17, 15) is 23.3 Å². The molecule has 2 aliphatic heterocycles. The molecule has 2 fully saturated rings. The Balaban J connectivity index is 2.00. The van der Waals surface area contributed by atoms with E-state index in [-0.39, 0.29) is 22.2 Å². The number of anilines is 1. The molecule has 3 rings (SSSR count). The topological polar surface area (TPSA) is 104 Å². The summed E-state index contributed by atoms with van der Waals surface area (Å²) in [4.78, 5) is 26.6. The van der Waals surface area contributed by atoms with Crippen LogP contribution in [0.25, 0.3) is 0 Å². The number of hydrogen-bond acceptors (Lipinski definition) is 6. The number of nitrogens with zero attached hydrogens (tertiary/aromatic N) is 4. The van der Waals surface area contributed by atoms with Gasteiger partial charge < -0.3 is 9.80 Å². The van der Waals surface area contributed by atoms with Gasteiger partial charge in [-0.2, -0.15) is 4.31 Å². The summed E-state index contributed by atoms with van der Waals surface area (Å²) in [5, 5.41) is 11.7. The van der Waals surface area contributed by atoms with Gasteiger partial charge in [-0.3, -0.25) is 14.9 Å². The Hall–Kier alpha value is -2.20. The number of hydrogen-bond donors (Lipinski definition) is 0. The lowest BCUT2D eigenvalue weighted by atomic mass is 10.1. The second kappa shape index (κ2) is 7.43. The molecule has 0 aliphatic carbocycles. The summed E-state index contributed by atoms with van der Waals surface area (Å²) in [7, 11) is -0.440. The minimum absolute atomic E-state index is 0.0745. The van der Waals surface area contributed by atoms with Gasteiger partial charge in [0.1, 0.15) is 11.7 Å². The minimum atomic E-state index is -3.74. The van der Waals surface area contributed by atoms with Crippen molar-refractivity contribution in [1.82, 2.24) is 9.21 Å². The highest BCUT2D eigenvalue weighted by Gasteiger charge is 2.36. The van der Waals surface area contributed by atoms with E-state index in [0.717, 1.165) is 25.3 Å². The monoisotopic (exact) mass is 396 g/mol. The van der Waals surface area contributed by atoms with Crippen molar-refractivity contribution in [1.29, 1.82) is 0 Å². The zero-order valence-electron chi connectivity index (χ0n) is 15.5. The SMILES string of the molecule is CN(C)C(=O)[C@@H]1CCCN1c1ccc(S(=O)(=O)N2CCCC2)cc1[N+](=O)[O-]. The Kier molecular flexibility index (Phi) is 5.38. The lowest BCUT2D eigenvalue weighted by Gasteiger charge is -2.28. The number of sulfonamides is 1. The molecule has 0 N–H and O–H groups in total. The molecule has 0 saturated carbocycles. The summed E-state index contributed by atoms with van der Waals surface area (Å²) < 4.78 is 26.8. The van der Waals surface area contributed by atoms with Crippen LogP contribution in [0.2, 0.25) is 0 Å². The van der Waals surface area contributed by atoms with Gasteiger partial charge in [-0.25, -0.2) is 8.42 Å². The first kappa shape index (κ1) is 19.6. The highest BCUT2D eigenvalue weighted by molar-refractivity contribution is 7.89. The van der Waals surface area contributed by atoms with Crippen LogP contribution in [-0.2, 0) is 14.8 Å². The number of rotatable bonds is 5. The molecule has 1 aromatic carbocycles. The lowest BCUT2D eigenvalue weighted by molar-refractivity contribution is -0.384. The van der Waals surface area contributed by atoms with Crippen molar-refractivity contribution in [3.8, 4) is 0 Å². The van der Waals surface area contributed by atoms with Crippen molar-refractivity contribution in [3.63, 3.8) is 0 Å². The van der Waals surface area contributed by atoms with Gasteiger partial charge in [-0.1, -0.05) is 0 Å².